The first kappa shape index (κ1) is 22.4. The Morgan fingerprint density at radius 2 is 1.97 bits per heavy atom. The van der Waals surface area contributed by atoms with Gasteiger partial charge in [-0.1, -0.05) is 38.5 Å². The van der Waals surface area contributed by atoms with Gasteiger partial charge < -0.3 is 14.8 Å². The first-order valence-electron chi connectivity index (χ1n) is 10.5. The number of aromatic hydroxyl groups is 1. The predicted octanol–water partition coefficient (Wildman–Crippen LogP) is 6.36. The summed E-state index contributed by atoms with van der Waals surface area (Å²) in [6.45, 7) is 4.73. The Morgan fingerprint density at radius 1 is 1.13 bits per heavy atom. The van der Waals surface area contributed by atoms with Crippen LogP contribution in [0, 0.1) is 11.5 Å². The molecule has 2 aromatic carbocycles. The first-order chi connectivity index (χ1) is 14.5. The number of para-hydroxylation sites is 1. The van der Waals surface area contributed by atoms with Crippen molar-refractivity contribution in [1.29, 1.82) is 0 Å². The fourth-order valence-electron chi connectivity index (χ4n) is 4.41. The summed E-state index contributed by atoms with van der Waals surface area (Å²) in [6, 6.07) is 18.7. The Balaban J connectivity index is 0.00000231. The summed E-state index contributed by atoms with van der Waals surface area (Å²) in [5.74, 6) is 1.18. The van der Waals surface area contributed by atoms with Crippen LogP contribution < -0.4 is 4.74 Å². The van der Waals surface area contributed by atoms with E-state index in [1.165, 1.54) is 19.3 Å². The molecule has 4 nitrogen and oxygen atoms in total. The predicted molar refractivity (Wildman–Crippen MR) is 123 cm³/mol. The van der Waals surface area contributed by atoms with Gasteiger partial charge >= 0.3 is 0 Å². The molecule has 0 bridgehead atoms. The summed E-state index contributed by atoms with van der Waals surface area (Å²) in [6.07, 6.45) is 4.94. The quantitative estimate of drug-likeness (QED) is 0.350. The third kappa shape index (κ3) is 4.83. The molecular formula is C25H25N2O2PtS-. The number of aromatic nitrogens is 1. The minimum absolute atomic E-state index is 0. The molecule has 1 fully saturated rings. The second kappa shape index (κ2) is 8.96. The summed E-state index contributed by atoms with van der Waals surface area (Å²) >= 11 is 1.90. The van der Waals surface area contributed by atoms with E-state index < -0.39 is 0 Å². The van der Waals surface area contributed by atoms with Crippen molar-refractivity contribution in [3.8, 4) is 17.4 Å². The van der Waals surface area contributed by atoms with Crippen LogP contribution in [0.15, 0.2) is 53.5 Å². The van der Waals surface area contributed by atoms with Gasteiger partial charge in [-0.15, -0.1) is 23.8 Å². The number of aliphatic imine (C=N–C) groups is 1. The molecule has 5 rings (SSSR count). The number of nitrogens with zero attached hydrogens (tertiary/aromatic N) is 2. The van der Waals surface area contributed by atoms with Gasteiger partial charge in [-0.3, -0.25) is 0 Å². The molecule has 0 amide bonds. The zero-order valence-corrected chi connectivity index (χ0v) is 20.7. The van der Waals surface area contributed by atoms with Crippen LogP contribution in [0.2, 0.25) is 0 Å². The molecule has 2 aliphatic rings. The Morgan fingerprint density at radius 3 is 2.84 bits per heavy atom. The molecular weight excluding hydrogens is 587 g/mol. The van der Waals surface area contributed by atoms with Crippen molar-refractivity contribution in [3.63, 3.8) is 0 Å². The van der Waals surface area contributed by atoms with Gasteiger partial charge in [0.25, 0.3) is 0 Å². The maximum Gasteiger partial charge on any atom is 0.217 e. The Bertz CT molecular complexity index is 1130. The van der Waals surface area contributed by atoms with Crippen LogP contribution >= 0.6 is 11.8 Å². The van der Waals surface area contributed by atoms with Crippen LogP contribution in [0.25, 0.3) is 10.9 Å². The molecule has 1 saturated carbocycles. The summed E-state index contributed by atoms with van der Waals surface area (Å²) in [5.41, 5.74) is 1.87. The number of benzene rings is 2. The topological polar surface area (TPSA) is 54.7 Å². The van der Waals surface area contributed by atoms with Gasteiger partial charge in [0, 0.05) is 48.6 Å². The van der Waals surface area contributed by atoms with Crippen molar-refractivity contribution in [1.82, 2.24) is 4.98 Å². The Hall–Kier alpha value is -1.84. The molecule has 3 aromatic rings. The molecule has 1 aromatic heterocycles. The second-order valence-electron chi connectivity index (χ2n) is 8.95. The van der Waals surface area contributed by atoms with Crippen LogP contribution in [0.3, 0.4) is 0 Å². The fourth-order valence-corrected chi connectivity index (χ4v) is 5.74. The number of thioether (sulfide) groups is 1. The van der Waals surface area contributed by atoms with E-state index in [9.17, 15) is 5.11 Å². The molecule has 164 valence electrons. The largest absolute Gasteiger partial charge is 0.506 e. The first-order valence-corrected chi connectivity index (χ1v) is 11.4. The summed E-state index contributed by atoms with van der Waals surface area (Å²) in [5, 5.41) is 12.6. The van der Waals surface area contributed by atoms with E-state index in [4.69, 9.17) is 9.73 Å². The number of phenolic OH excluding ortho intramolecular Hbond substituents is 1. The van der Waals surface area contributed by atoms with Crippen molar-refractivity contribution in [3.05, 3.63) is 60.2 Å². The molecule has 6 heteroatoms. The smallest absolute Gasteiger partial charge is 0.217 e. The average molecular weight is 613 g/mol. The molecule has 2 atom stereocenters. The van der Waals surface area contributed by atoms with Crippen LogP contribution in [0.4, 0.5) is 0 Å². The number of fused-ring (bicyclic) bond motifs is 2. The summed E-state index contributed by atoms with van der Waals surface area (Å²) in [7, 11) is 0. The molecule has 0 spiro atoms. The van der Waals surface area contributed by atoms with Crippen molar-refractivity contribution in [2.45, 2.75) is 50.8 Å². The van der Waals surface area contributed by atoms with E-state index in [2.05, 4.69) is 31.0 Å². The number of hydrogen-bond donors (Lipinski definition) is 1. The van der Waals surface area contributed by atoms with Gasteiger partial charge in [0.05, 0.1) is 6.04 Å². The number of rotatable bonds is 3. The standard InChI is InChI=1S/C25H25N2O2S.Pt/c1-25(2)13-5-10-21-19(15-25)26-24(30-21)17-7-3-8-18(14-17)29-22-12-11-16-6-4-9-20(28)23(16)27-22;/h3-4,6-9,11-12,19,21,28H,5,10,13,15H2,1-2H3;/q-1;/t19-,21+;/m0./s1. The van der Waals surface area contributed by atoms with Crippen LogP contribution in [-0.2, 0) is 21.1 Å². The van der Waals surface area contributed by atoms with Crippen molar-refractivity contribution in [2.75, 3.05) is 0 Å². The maximum atomic E-state index is 10.1. The van der Waals surface area contributed by atoms with Gasteiger partial charge in [-0.2, -0.15) is 11.8 Å². The average Bonchev–Trinajstić information content (AvgIpc) is 3.04. The van der Waals surface area contributed by atoms with E-state index >= 15 is 0 Å². The number of phenols is 1. The normalized spacial score (nSPS) is 22.2. The third-order valence-electron chi connectivity index (χ3n) is 5.97. The SMILES string of the molecule is CC1(C)CCC[C@H]2SC(c3[c-]c(Oc4ccc5cccc(O)c5n4)ccc3)=N[C@H]2C1.[Pt]. The Kier molecular flexibility index (Phi) is 6.46. The zero-order valence-electron chi connectivity index (χ0n) is 17.6. The number of ether oxygens (including phenoxy) is 1. The van der Waals surface area contributed by atoms with Crippen LogP contribution in [-0.4, -0.2) is 26.4 Å². The van der Waals surface area contributed by atoms with Crippen molar-refractivity contribution in [2.24, 2.45) is 10.4 Å². The molecule has 2 heterocycles. The molecule has 0 radical (unpaired) electrons. The fraction of sp³-hybridized carbons (Fsp3) is 0.360. The van der Waals surface area contributed by atoms with Gasteiger partial charge in [0.2, 0.25) is 5.88 Å². The molecule has 31 heavy (non-hydrogen) atoms. The maximum absolute atomic E-state index is 10.1. The molecule has 0 unspecified atom stereocenters. The Labute approximate surface area is 201 Å². The molecule has 1 aliphatic heterocycles. The van der Waals surface area contributed by atoms with Crippen LogP contribution in [0.5, 0.6) is 17.4 Å². The second-order valence-corrected chi connectivity index (χ2v) is 10.2. The van der Waals surface area contributed by atoms with Crippen molar-refractivity contribution >= 4 is 27.7 Å². The number of hydrogen-bond acceptors (Lipinski definition) is 5. The van der Waals surface area contributed by atoms with Gasteiger partial charge in [-0.05, 0) is 36.8 Å². The third-order valence-corrected chi connectivity index (χ3v) is 7.37. The van der Waals surface area contributed by atoms with E-state index in [-0.39, 0.29) is 26.8 Å². The van der Waals surface area contributed by atoms with Gasteiger partial charge in [0.1, 0.15) is 11.3 Å². The number of pyridine rings is 1. The monoisotopic (exact) mass is 612 g/mol. The molecule has 1 aliphatic carbocycles. The summed E-state index contributed by atoms with van der Waals surface area (Å²) < 4.78 is 5.97. The van der Waals surface area contributed by atoms with E-state index in [1.807, 2.05) is 42.1 Å². The van der Waals surface area contributed by atoms with Gasteiger partial charge in [-0.25, -0.2) is 4.98 Å². The minimum atomic E-state index is 0. The zero-order chi connectivity index (χ0) is 20.7. The molecule has 1 N–H and O–H groups in total. The van der Waals surface area contributed by atoms with Crippen LogP contribution in [0.1, 0.15) is 45.1 Å². The van der Waals surface area contributed by atoms with E-state index in [0.717, 1.165) is 22.4 Å². The van der Waals surface area contributed by atoms with E-state index in [1.54, 1.807) is 12.1 Å². The minimum Gasteiger partial charge on any atom is -0.506 e. The van der Waals surface area contributed by atoms with Gasteiger partial charge in [0.15, 0.2) is 0 Å². The van der Waals surface area contributed by atoms with E-state index in [0.29, 0.717) is 33.9 Å². The summed E-state index contributed by atoms with van der Waals surface area (Å²) in [4.78, 5) is 9.54. The van der Waals surface area contributed by atoms with Crippen molar-refractivity contribution < 1.29 is 30.9 Å². The molecule has 0 saturated heterocycles.